The van der Waals surface area contributed by atoms with Crippen LogP contribution in [-0.4, -0.2) is 16.0 Å². The molecule has 2 heterocycles. The van der Waals surface area contributed by atoms with Gasteiger partial charge in [0.15, 0.2) is 5.82 Å². The third-order valence-corrected chi connectivity index (χ3v) is 4.29. The highest BCUT2D eigenvalue weighted by molar-refractivity contribution is 5.53. The van der Waals surface area contributed by atoms with Crippen molar-refractivity contribution in [2.75, 3.05) is 6.61 Å². The Morgan fingerprint density at radius 1 is 1.00 bits per heavy atom. The molecular formula is C21H26N4O. The highest BCUT2D eigenvalue weighted by Crippen LogP contribution is 2.25. The molecular weight excluding hydrogens is 324 g/mol. The van der Waals surface area contributed by atoms with Gasteiger partial charge in [0, 0.05) is 6.20 Å². The Morgan fingerprint density at radius 2 is 1.81 bits per heavy atom. The number of pyridine rings is 1. The molecule has 0 N–H and O–H groups in total. The van der Waals surface area contributed by atoms with Gasteiger partial charge in [0.25, 0.3) is 0 Å². The van der Waals surface area contributed by atoms with E-state index in [0.29, 0.717) is 0 Å². The summed E-state index contributed by atoms with van der Waals surface area (Å²) >= 11 is 0. The van der Waals surface area contributed by atoms with Crippen LogP contribution in [0.25, 0.3) is 5.65 Å². The first kappa shape index (κ1) is 18.1. The van der Waals surface area contributed by atoms with Crippen molar-refractivity contribution in [3.63, 3.8) is 0 Å². The van der Waals surface area contributed by atoms with Crippen molar-refractivity contribution in [2.24, 2.45) is 10.2 Å². The van der Waals surface area contributed by atoms with Crippen LogP contribution in [0, 0.1) is 13.8 Å². The van der Waals surface area contributed by atoms with Gasteiger partial charge in [-0.15, -0.1) is 10.2 Å². The van der Waals surface area contributed by atoms with Crippen LogP contribution in [0.15, 0.2) is 52.8 Å². The predicted octanol–water partition coefficient (Wildman–Crippen LogP) is 6.33. The van der Waals surface area contributed by atoms with E-state index >= 15 is 0 Å². The Balaban J connectivity index is 1.65. The molecule has 0 fully saturated rings. The number of aromatic nitrogens is 2. The molecule has 0 aliphatic heterocycles. The SMILES string of the molecule is CCCCCCOc1ccc(N=Nc2c(C)nc3cc(C)ccn23)cc1. The van der Waals surface area contributed by atoms with Crippen LogP contribution >= 0.6 is 0 Å². The van der Waals surface area contributed by atoms with Crippen molar-refractivity contribution >= 4 is 17.2 Å². The number of aryl methyl sites for hydroxylation is 2. The molecule has 0 bridgehead atoms. The zero-order valence-electron chi connectivity index (χ0n) is 15.8. The van der Waals surface area contributed by atoms with Crippen molar-refractivity contribution in [1.29, 1.82) is 0 Å². The zero-order chi connectivity index (χ0) is 18.4. The minimum Gasteiger partial charge on any atom is -0.494 e. The van der Waals surface area contributed by atoms with Crippen LogP contribution < -0.4 is 4.74 Å². The van der Waals surface area contributed by atoms with Gasteiger partial charge in [-0.3, -0.25) is 4.40 Å². The number of nitrogens with zero attached hydrogens (tertiary/aromatic N) is 4. The van der Waals surface area contributed by atoms with Gasteiger partial charge < -0.3 is 4.74 Å². The Bertz CT molecular complexity index is 881. The number of azo groups is 1. The third kappa shape index (κ3) is 4.48. The standard InChI is InChI=1S/C21H26N4O/c1-4-5-6-7-14-26-19-10-8-18(9-11-19)23-24-21-17(3)22-20-15-16(2)12-13-25(20)21/h8-13,15H,4-7,14H2,1-3H3. The summed E-state index contributed by atoms with van der Waals surface area (Å²) in [7, 11) is 0. The van der Waals surface area contributed by atoms with Gasteiger partial charge in [-0.2, -0.15) is 0 Å². The summed E-state index contributed by atoms with van der Waals surface area (Å²) < 4.78 is 7.72. The number of ether oxygens (including phenoxy) is 1. The largest absolute Gasteiger partial charge is 0.494 e. The van der Waals surface area contributed by atoms with Crippen molar-refractivity contribution in [1.82, 2.24) is 9.38 Å². The minimum atomic E-state index is 0.760. The summed E-state index contributed by atoms with van der Waals surface area (Å²) in [6, 6.07) is 11.8. The Labute approximate surface area is 154 Å². The molecule has 0 unspecified atom stereocenters. The highest BCUT2D eigenvalue weighted by Gasteiger charge is 2.07. The summed E-state index contributed by atoms with van der Waals surface area (Å²) in [4.78, 5) is 4.54. The molecule has 1 aromatic carbocycles. The lowest BCUT2D eigenvalue weighted by molar-refractivity contribution is 0.305. The van der Waals surface area contributed by atoms with Gasteiger partial charge >= 0.3 is 0 Å². The average molecular weight is 350 g/mol. The van der Waals surface area contributed by atoms with Crippen molar-refractivity contribution in [3.8, 4) is 5.75 Å². The zero-order valence-corrected chi connectivity index (χ0v) is 15.8. The summed E-state index contributed by atoms with van der Waals surface area (Å²) in [6.45, 7) is 6.98. The molecule has 2 aromatic heterocycles. The van der Waals surface area contributed by atoms with Crippen LogP contribution in [0.1, 0.15) is 43.9 Å². The van der Waals surface area contributed by atoms with Crippen LogP contribution in [-0.2, 0) is 0 Å². The molecule has 5 heteroatoms. The highest BCUT2D eigenvalue weighted by atomic mass is 16.5. The third-order valence-electron chi connectivity index (χ3n) is 4.29. The summed E-state index contributed by atoms with van der Waals surface area (Å²) in [5.74, 6) is 1.64. The van der Waals surface area contributed by atoms with Gasteiger partial charge in [-0.1, -0.05) is 26.2 Å². The molecule has 0 spiro atoms. The molecule has 3 rings (SSSR count). The van der Waals surface area contributed by atoms with Crippen LogP contribution in [0.3, 0.4) is 0 Å². The summed E-state index contributed by atoms with van der Waals surface area (Å²) in [6.07, 6.45) is 6.81. The van der Waals surface area contributed by atoms with E-state index in [2.05, 4.69) is 29.1 Å². The molecule has 0 saturated carbocycles. The number of rotatable bonds is 8. The van der Waals surface area contributed by atoms with Gasteiger partial charge in [-0.05, 0) is 62.2 Å². The van der Waals surface area contributed by atoms with Gasteiger partial charge in [0.05, 0.1) is 18.0 Å². The normalized spacial score (nSPS) is 11.5. The number of hydrogen-bond acceptors (Lipinski definition) is 4. The van der Waals surface area contributed by atoms with Gasteiger partial charge in [0.1, 0.15) is 11.4 Å². The Kier molecular flexibility index (Phi) is 6.00. The Hall–Kier alpha value is -2.69. The van der Waals surface area contributed by atoms with Crippen LogP contribution in [0.4, 0.5) is 11.5 Å². The van der Waals surface area contributed by atoms with E-state index in [4.69, 9.17) is 4.74 Å². The molecule has 5 nitrogen and oxygen atoms in total. The number of unbranched alkanes of at least 4 members (excludes halogenated alkanes) is 3. The Morgan fingerprint density at radius 3 is 2.58 bits per heavy atom. The lowest BCUT2D eigenvalue weighted by Gasteiger charge is -2.05. The van der Waals surface area contributed by atoms with Crippen molar-refractivity contribution in [2.45, 2.75) is 46.5 Å². The number of benzene rings is 1. The number of hydrogen-bond donors (Lipinski definition) is 0. The molecule has 0 radical (unpaired) electrons. The molecule has 0 amide bonds. The summed E-state index contributed by atoms with van der Waals surface area (Å²) in [5, 5.41) is 8.76. The maximum Gasteiger partial charge on any atom is 0.182 e. The lowest BCUT2D eigenvalue weighted by atomic mass is 10.2. The van der Waals surface area contributed by atoms with E-state index in [1.165, 1.54) is 24.8 Å². The molecule has 0 saturated heterocycles. The molecule has 0 aliphatic rings. The topological polar surface area (TPSA) is 51.2 Å². The van der Waals surface area contributed by atoms with Gasteiger partial charge in [0.2, 0.25) is 0 Å². The monoisotopic (exact) mass is 350 g/mol. The smallest absolute Gasteiger partial charge is 0.182 e. The number of fused-ring (bicyclic) bond motifs is 1. The maximum atomic E-state index is 5.76. The molecule has 3 aromatic rings. The van der Waals surface area contributed by atoms with E-state index in [9.17, 15) is 0 Å². The van der Waals surface area contributed by atoms with Crippen molar-refractivity contribution in [3.05, 3.63) is 53.9 Å². The molecule has 0 atom stereocenters. The number of imidazole rings is 1. The second-order valence-electron chi connectivity index (χ2n) is 6.56. The fraction of sp³-hybridized carbons (Fsp3) is 0.381. The molecule has 26 heavy (non-hydrogen) atoms. The van der Waals surface area contributed by atoms with Crippen LogP contribution in [0.5, 0.6) is 5.75 Å². The van der Waals surface area contributed by atoms with E-state index < -0.39 is 0 Å². The van der Waals surface area contributed by atoms with E-state index in [1.54, 1.807) is 0 Å². The maximum absolute atomic E-state index is 5.76. The molecule has 0 aliphatic carbocycles. The first-order chi connectivity index (χ1) is 12.7. The van der Waals surface area contributed by atoms with Crippen LogP contribution in [0.2, 0.25) is 0 Å². The predicted molar refractivity (Wildman–Crippen MR) is 105 cm³/mol. The second-order valence-corrected chi connectivity index (χ2v) is 6.56. The lowest BCUT2D eigenvalue weighted by Crippen LogP contribution is -1.96. The van der Waals surface area contributed by atoms with E-state index in [1.807, 2.05) is 53.9 Å². The first-order valence-corrected chi connectivity index (χ1v) is 9.27. The van der Waals surface area contributed by atoms with E-state index in [-0.39, 0.29) is 0 Å². The fourth-order valence-corrected chi connectivity index (χ4v) is 2.80. The van der Waals surface area contributed by atoms with Crippen molar-refractivity contribution < 1.29 is 4.74 Å². The first-order valence-electron chi connectivity index (χ1n) is 9.27. The molecule has 136 valence electrons. The van der Waals surface area contributed by atoms with Gasteiger partial charge in [-0.25, -0.2) is 4.98 Å². The fourth-order valence-electron chi connectivity index (χ4n) is 2.80. The quantitative estimate of drug-likeness (QED) is 0.352. The minimum absolute atomic E-state index is 0.760. The van der Waals surface area contributed by atoms with E-state index in [0.717, 1.165) is 41.6 Å². The summed E-state index contributed by atoms with van der Waals surface area (Å²) in [5.41, 5.74) is 3.73. The average Bonchev–Trinajstić information content (AvgIpc) is 2.95. The second kappa shape index (κ2) is 8.61.